The maximum absolute atomic E-state index is 13.7. The summed E-state index contributed by atoms with van der Waals surface area (Å²) in [5.74, 6) is 0.662. The summed E-state index contributed by atoms with van der Waals surface area (Å²) in [4.78, 5) is 18.1. The number of fused-ring (bicyclic) bond motifs is 1. The number of amides is 1. The first-order valence-electron chi connectivity index (χ1n) is 10.8. The van der Waals surface area contributed by atoms with Crippen LogP contribution in [0, 0.1) is 5.82 Å². The number of allylic oxidation sites excluding steroid dienone is 1. The molecule has 0 bridgehead atoms. The minimum absolute atomic E-state index is 0.259. The Morgan fingerprint density at radius 2 is 1.71 bits per heavy atom. The van der Waals surface area contributed by atoms with Crippen molar-refractivity contribution in [2.45, 2.75) is 23.9 Å². The third-order valence-corrected chi connectivity index (χ3v) is 6.41. The quantitative estimate of drug-likeness (QED) is 0.356. The lowest BCUT2D eigenvalue weighted by atomic mass is 9.95. The first kappa shape index (κ1) is 21.9. The van der Waals surface area contributed by atoms with Crippen molar-refractivity contribution in [2.75, 3.05) is 10.6 Å². The van der Waals surface area contributed by atoms with Crippen molar-refractivity contribution in [3.05, 3.63) is 113 Å². The van der Waals surface area contributed by atoms with Crippen molar-refractivity contribution in [3.8, 4) is 0 Å². The number of hydrogen-bond acceptors (Lipinski definition) is 5. The van der Waals surface area contributed by atoms with E-state index in [0.29, 0.717) is 28.1 Å². The molecule has 1 amide bonds. The molecule has 2 N–H and O–H groups in total. The van der Waals surface area contributed by atoms with Crippen LogP contribution in [0.1, 0.15) is 24.1 Å². The second kappa shape index (κ2) is 9.52. The van der Waals surface area contributed by atoms with E-state index in [-0.39, 0.29) is 11.7 Å². The number of benzene rings is 3. The van der Waals surface area contributed by atoms with E-state index in [1.54, 1.807) is 16.8 Å². The third-order valence-electron chi connectivity index (χ3n) is 5.51. The third kappa shape index (κ3) is 4.58. The van der Waals surface area contributed by atoms with Crippen molar-refractivity contribution >= 4 is 29.3 Å². The Morgan fingerprint density at radius 3 is 2.41 bits per heavy atom. The summed E-state index contributed by atoms with van der Waals surface area (Å²) in [5.41, 5.74) is 3.76. The Hall–Kier alpha value is -3.91. The zero-order chi connectivity index (χ0) is 23.5. The van der Waals surface area contributed by atoms with Gasteiger partial charge in [0.2, 0.25) is 11.1 Å². The number of nitrogens with one attached hydrogen (secondary N) is 2. The highest BCUT2D eigenvalue weighted by Crippen LogP contribution is 2.37. The van der Waals surface area contributed by atoms with Crippen molar-refractivity contribution in [2.24, 2.45) is 0 Å². The van der Waals surface area contributed by atoms with Gasteiger partial charge in [0.05, 0.1) is 5.57 Å². The number of thioether (sulfide) groups is 1. The largest absolute Gasteiger partial charge is 0.328 e. The lowest BCUT2D eigenvalue weighted by Crippen LogP contribution is -2.31. The van der Waals surface area contributed by atoms with Crippen LogP contribution < -0.4 is 10.6 Å². The van der Waals surface area contributed by atoms with E-state index in [0.717, 1.165) is 11.3 Å². The molecule has 1 aromatic heterocycles. The van der Waals surface area contributed by atoms with Gasteiger partial charge in [0.1, 0.15) is 11.9 Å². The molecule has 1 aliphatic heterocycles. The van der Waals surface area contributed by atoms with Gasteiger partial charge in [-0.2, -0.15) is 4.98 Å². The van der Waals surface area contributed by atoms with Crippen molar-refractivity contribution in [3.63, 3.8) is 0 Å². The van der Waals surface area contributed by atoms with Crippen LogP contribution in [0.25, 0.3) is 0 Å². The minimum atomic E-state index is -0.556. The highest BCUT2D eigenvalue weighted by atomic mass is 32.2. The molecule has 0 fully saturated rings. The molecule has 2 heterocycles. The fourth-order valence-electron chi connectivity index (χ4n) is 3.88. The molecule has 0 spiro atoms. The number of halogens is 1. The van der Waals surface area contributed by atoms with E-state index in [4.69, 9.17) is 5.10 Å². The Balaban J connectivity index is 1.49. The van der Waals surface area contributed by atoms with Crippen LogP contribution in [0.5, 0.6) is 0 Å². The first-order valence-corrected chi connectivity index (χ1v) is 11.8. The Labute approximate surface area is 200 Å². The van der Waals surface area contributed by atoms with Gasteiger partial charge in [0, 0.05) is 17.1 Å². The topological polar surface area (TPSA) is 71.8 Å². The minimum Gasteiger partial charge on any atom is -0.328 e. The van der Waals surface area contributed by atoms with Crippen LogP contribution in [0.4, 0.5) is 16.0 Å². The van der Waals surface area contributed by atoms with Gasteiger partial charge >= 0.3 is 0 Å². The highest BCUT2D eigenvalue weighted by molar-refractivity contribution is 7.98. The van der Waals surface area contributed by atoms with Gasteiger partial charge in [-0.05, 0) is 42.3 Å². The molecule has 5 rings (SSSR count). The number of hydrogen-bond donors (Lipinski definition) is 2. The van der Waals surface area contributed by atoms with Gasteiger partial charge in [0.25, 0.3) is 5.91 Å². The summed E-state index contributed by atoms with van der Waals surface area (Å²) >= 11 is 1.52. The Bertz CT molecular complexity index is 1340. The number of carbonyl (C=O) groups is 1. The molecule has 170 valence electrons. The van der Waals surface area contributed by atoms with E-state index < -0.39 is 6.04 Å². The van der Waals surface area contributed by atoms with Gasteiger partial charge in [-0.3, -0.25) is 4.79 Å². The van der Waals surface area contributed by atoms with E-state index >= 15 is 0 Å². The second-order valence-corrected chi connectivity index (χ2v) is 8.82. The number of aromatic nitrogens is 3. The molecule has 6 nitrogen and oxygen atoms in total. The van der Waals surface area contributed by atoms with Crippen LogP contribution in [-0.4, -0.2) is 20.7 Å². The van der Waals surface area contributed by atoms with Gasteiger partial charge in [-0.1, -0.05) is 72.4 Å². The summed E-state index contributed by atoms with van der Waals surface area (Å²) in [5, 5.41) is 11.5. The molecular weight excluding hydrogens is 449 g/mol. The van der Waals surface area contributed by atoms with E-state index in [1.165, 1.54) is 29.5 Å². The molecular formula is C26H22FN5OS. The van der Waals surface area contributed by atoms with Crippen LogP contribution >= 0.6 is 11.8 Å². The summed E-state index contributed by atoms with van der Waals surface area (Å²) in [6.45, 7) is 1.84. The van der Waals surface area contributed by atoms with E-state index in [2.05, 4.69) is 27.8 Å². The summed E-state index contributed by atoms with van der Waals surface area (Å²) < 4.78 is 15.4. The number of carbonyl (C=O) groups excluding carboxylic acids is 1. The molecule has 1 unspecified atom stereocenters. The highest BCUT2D eigenvalue weighted by Gasteiger charge is 2.34. The van der Waals surface area contributed by atoms with Crippen molar-refractivity contribution in [1.82, 2.24) is 14.8 Å². The predicted molar refractivity (Wildman–Crippen MR) is 132 cm³/mol. The van der Waals surface area contributed by atoms with Gasteiger partial charge < -0.3 is 10.6 Å². The number of nitrogens with zero attached hydrogens (tertiary/aromatic N) is 3. The second-order valence-electron chi connectivity index (χ2n) is 7.87. The first-order chi connectivity index (χ1) is 16.6. The maximum atomic E-state index is 13.7. The van der Waals surface area contributed by atoms with Crippen molar-refractivity contribution < 1.29 is 9.18 Å². The molecule has 34 heavy (non-hydrogen) atoms. The summed E-state index contributed by atoms with van der Waals surface area (Å²) in [6.07, 6.45) is 0. The average Bonchev–Trinajstić information content (AvgIpc) is 3.26. The molecule has 0 radical (unpaired) electrons. The van der Waals surface area contributed by atoms with Gasteiger partial charge in [0.15, 0.2) is 0 Å². The molecule has 3 aromatic carbocycles. The standard InChI is InChI=1S/C26H22FN5OS/c1-17-22(24(33)29-21-10-6-3-7-11-21)23(19-12-14-20(27)15-13-19)32-25(28-17)30-26(31-32)34-16-18-8-4-2-5-9-18/h2-15,23H,16H2,1H3,(H,29,33)(H,28,30,31). The van der Waals surface area contributed by atoms with E-state index in [9.17, 15) is 9.18 Å². The maximum Gasteiger partial charge on any atom is 0.255 e. The molecule has 4 aromatic rings. The zero-order valence-electron chi connectivity index (χ0n) is 18.4. The lowest BCUT2D eigenvalue weighted by Gasteiger charge is -2.28. The molecule has 0 aliphatic carbocycles. The van der Waals surface area contributed by atoms with Crippen LogP contribution in [0.15, 0.2) is 101 Å². The number of rotatable bonds is 6. The monoisotopic (exact) mass is 471 g/mol. The normalized spacial score (nSPS) is 14.9. The van der Waals surface area contributed by atoms with Crippen LogP contribution in [-0.2, 0) is 10.5 Å². The van der Waals surface area contributed by atoms with Crippen LogP contribution in [0.2, 0.25) is 0 Å². The Kier molecular flexibility index (Phi) is 6.14. The van der Waals surface area contributed by atoms with Gasteiger partial charge in [-0.25, -0.2) is 9.07 Å². The fourth-order valence-corrected chi connectivity index (χ4v) is 4.67. The smallest absolute Gasteiger partial charge is 0.255 e. The van der Waals surface area contributed by atoms with E-state index in [1.807, 2.05) is 55.5 Å². The SMILES string of the molecule is CC1=C(C(=O)Nc2ccccc2)C(c2ccc(F)cc2)n2nc(SCc3ccccc3)nc2N1. The summed E-state index contributed by atoms with van der Waals surface area (Å²) in [7, 11) is 0. The molecule has 8 heteroatoms. The molecule has 0 saturated carbocycles. The predicted octanol–water partition coefficient (Wildman–Crippen LogP) is 5.64. The molecule has 1 aliphatic rings. The number of anilines is 2. The molecule has 0 saturated heterocycles. The van der Waals surface area contributed by atoms with Gasteiger partial charge in [-0.15, -0.1) is 5.10 Å². The van der Waals surface area contributed by atoms with Crippen molar-refractivity contribution in [1.29, 1.82) is 0 Å². The number of para-hydroxylation sites is 1. The Morgan fingerprint density at radius 1 is 1.03 bits per heavy atom. The lowest BCUT2D eigenvalue weighted by molar-refractivity contribution is -0.113. The fraction of sp³-hybridized carbons (Fsp3) is 0.115. The molecule has 1 atom stereocenters. The van der Waals surface area contributed by atoms with Crippen LogP contribution in [0.3, 0.4) is 0 Å². The average molecular weight is 472 g/mol. The zero-order valence-corrected chi connectivity index (χ0v) is 19.2. The summed E-state index contributed by atoms with van der Waals surface area (Å²) in [6, 6.07) is 24.9.